The molecular weight excluding hydrogens is 316 g/mol. The van der Waals surface area contributed by atoms with Crippen molar-refractivity contribution in [2.24, 2.45) is 7.05 Å². The van der Waals surface area contributed by atoms with Crippen LogP contribution in [0.25, 0.3) is 0 Å². The predicted octanol–water partition coefficient (Wildman–Crippen LogP) is 2.49. The number of nitrogens with zero attached hydrogens (tertiary/aromatic N) is 4. The first kappa shape index (κ1) is 16.5. The highest BCUT2D eigenvalue weighted by atomic mass is 16.5. The van der Waals surface area contributed by atoms with E-state index in [0.717, 1.165) is 37.5 Å². The Morgan fingerprint density at radius 2 is 2.20 bits per heavy atom. The number of benzene rings is 1. The summed E-state index contributed by atoms with van der Waals surface area (Å²) in [5.41, 5.74) is 2.51. The molecule has 2 atom stereocenters. The van der Waals surface area contributed by atoms with E-state index in [9.17, 15) is 0 Å². The Bertz CT molecular complexity index is 771. The SMILES string of the molecule is CO[C@@H]1C[C@@H](c2nncn2C)N(Cc2ccc3c(c2)CC(C)(C)O3)C1. The Labute approximate surface area is 148 Å². The summed E-state index contributed by atoms with van der Waals surface area (Å²) in [5.74, 6) is 2.03. The van der Waals surface area contributed by atoms with E-state index in [-0.39, 0.29) is 17.7 Å². The zero-order chi connectivity index (χ0) is 17.6. The van der Waals surface area contributed by atoms with Crippen LogP contribution in [0.15, 0.2) is 24.5 Å². The molecule has 0 saturated carbocycles. The summed E-state index contributed by atoms with van der Waals surface area (Å²) >= 11 is 0. The van der Waals surface area contributed by atoms with Crippen molar-refractivity contribution in [3.8, 4) is 5.75 Å². The van der Waals surface area contributed by atoms with Gasteiger partial charge in [0, 0.05) is 33.7 Å². The quantitative estimate of drug-likeness (QED) is 0.854. The molecule has 1 fully saturated rings. The van der Waals surface area contributed by atoms with Crippen molar-refractivity contribution in [2.75, 3.05) is 13.7 Å². The average Bonchev–Trinajstić information content (AvgIpc) is 3.22. The number of aromatic nitrogens is 3. The minimum absolute atomic E-state index is 0.100. The molecule has 1 aromatic carbocycles. The molecule has 6 nitrogen and oxygen atoms in total. The first-order valence-electron chi connectivity index (χ1n) is 8.87. The number of hydrogen-bond acceptors (Lipinski definition) is 5. The fourth-order valence-corrected chi connectivity index (χ4v) is 4.07. The maximum Gasteiger partial charge on any atom is 0.150 e. The molecule has 0 aliphatic carbocycles. The largest absolute Gasteiger partial charge is 0.487 e. The summed E-state index contributed by atoms with van der Waals surface area (Å²) in [6.45, 7) is 6.07. The lowest BCUT2D eigenvalue weighted by Crippen LogP contribution is -2.26. The molecule has 3 heterocycles. The van der Waals surface area contributed by atoms with Gasteiger partial charge in [0.1, 0.15) is 23.5 Å². The van der Waals surface area contributed by atoms with Gasteiger partial charge >= 0.3 is 0 Å². The minimum atomic E-state index is -0.100. The van der Waals surface area contributed by atoms with E-state index in [2.05, 4.69) is 47.1 Å². The monoisotopic (exact) mass is 342 g/mol. The highest BCUT2D eigenvalue weighted by Crippen LogP contribution is 2.37. The van der Waals surface area contributed by atoms with Crippen LogP contribution in [0.1, 0.15) is 43.3 Å². The van der Waals surface area contributed by atoms with Crippen molar-refractivity contribution in [3.63, 3.8) is 0 Å². The van der Waals surface area contributed by atoms with Crippen LogP contribution in [-0.4, -0.2) is 45.0 Å². The van der Waals surface area contributed by atoms with Gasteiger partial charge < -0.3 is 14.0 Å². The lowest BCUT2D eigenvalue weighted by atomic mass is 10.00. The van der Waals surface area contributed by atoms with Gasteiger partial charge in [0.25, 0.3) is 0 Å². The van der Waals surface area contributed by atoms with Crippen molar-refractivity contribution in [1.82, 2.24) is 19.7 Å². The summed E-state index contributed by atoms with van der Waals surface area (Å²) in [4.78, 5) is 2.45. The van der Waals surface area contributed by atoms with Crippen LogP contribution < -0.4 is 4.74 Å². The van der Waals surface area contributed by atoms with Crippen LogP contribution in [-0.2, 0) is 24.8 Å². The van der Waals surface area contributed by atoms with E-state index in [4.69, 9.17) is 9.47 Å². The third-order valence-electron chi connectivity index (χ3n) is 5.26. The normalized spacial score (nSPS) is 25.1. The Hall–Kier alpha value is -1.92. The molecule has 0 spiro atoms. The molecule has 1 aromatic heterocycles. The fraction of sp³-hybridized carbons (Fsp3) is 0.579. The van der Waals surface area contributed by atoms with Gasteiger partial charge in [-0.15, -0.1) is 10.2 Å². The molecule has 0 amide bonds. The molecule has 0 bridgehead atoms. The summed E-state index contributed by atoms with van der Waals surface area (Å²) < 4.78 is 13.6. The Morgan fingerprint density at radius 1 is 1.36 bits per heavy atom. The molecule has 1 saturated heterocycles. The van der Waals surface area contributed by atoms with Crippen molar-refractivity contribution >= 4 is 0 Å². The van der Waals surface area contributed by atoms with E-state index in [0.29, 0.717) is 0 Å². The molecule has 2 aliphatic heterocycles. The second-order valence-electron chi connectivity index (χ2n) is 7.82. The standard InChI is InChI=1S/C19H26N4O2/c1-19(2)9-14-7-13(5-6-17(14)25-19)10-23-11-15(24-4)8-16(23)18-21-20-12-22(18)3/h5-7,12,15-16H,8-11H2,1-4H3/t15-,16+/m1/s1. The number of hydrogen-bond donors (Lipinski definition) is 0. The van der Waals surface area contributed by atoms with Crippen LogP contribution in [0, 0.1) is 0 Å². The summed E-state index contributed by atoms with van der Waals surface area (Å²) in [6, 6.07) is 6.81. The molecule has 2 aromatic rings. The summed E-state index contributed by atoms with van der Waals surface area (Å²) in [7, 11) is 3.79. The molecule has 134 valence electrons. The molecule has 0 unspecified atom stereocenters. The van der Waals surface area contributed by atoms with E-state index in [1.54, 1.807) is 13.4 Å². The predicted molar refractivity (Wildman–Crippen MR) is 94.4 cm³/mol. The van der Waals surface area contributed by atoms with Crippen LogP contribution >= 0.6 is 0 Å². The zero-order valence-electron chi connectivity index (χ0n) is 15.4. The number of methoxy groups -OCH3 is 1. The van der Waals surface area contributed by atoms with Crippen LogP contribution in [0.2, 0.25) is 0 Å². The molecule has 2 aliphatic rings. The highest BCUT2D eigenvalue weighted by Gasteiger charge is 2.36. The van der Waals surface area contributed by atoms with Gasteiger partial charge in [-0.2, -0.15) is 0 Å². The van der Waals surface area contributed by atoms with E-state index in [1.807, 2.05) is 11.6 Å². The van der Waals surface area contributed by atoms with Gasteiger partial charge in [-0.25, -0.2) is 0 Å². The number of rotatable bonds is 4. The average molecular weight is 342 g/mol. The highest BCUT2D eigenvalue weighted by molar-refractivity contribution is 5.41. The van der Waals surface area contributed by atoms with Crippen molar-refractivity contribution in [3.05, 3.63) is 41.5 Å². The van der Waals surface area contributed by atoms with Gasteiger partial charge in [-0.05, 0) is 37.5 Å². The zero-order valence-corrected chi connectivity index (χ0v) is 15.4. The second-order valence-corrected chi connectivity index (χ2v) is 7.82. The van der Waals surface area contributed by atoms with E-state index in [1.165, 1.54) is 11.1 Å². The van der Waals surface area contributed by atoms with E-state index < -0.39 is 0 Å². The maximum absolute atomic E-state index is 5.99. The first-order chi connectivity index (χ1) is 11.9. The van der Waals surface area contributed by atoms with Crippen molar-refractivity contribution < 1.29 is 9.47 Å². The third-order valence-corrected chi connectivity index (χ3v) is 5.26. The molecular formula is C19H26N4O2. The number of ether oxygens (including phenoxy) is 2. The van der Waals surface area contributed by atoms with Gasteiger partial charge in [0.05, 0.1) is 12.1 Å². The van der Waals surface area contributed by atoms with E-state index >= 15 is 0 Å². The van der Waals surface area contributed by atoms with Gasteiger partial charge in [0.15, 0.2) is 0 Å². The molecule has 4 rings (SSSR count). The molecule has 0 N–H and O–H groups in total. The van der Waals surface area contributed by atoms with Crippen LogP contribution in [0.5, 0.6) is 5.75 Å². The summed E-state index contributed by atoms with van der Waals surface area (Å²) in [6.07, 6.45) is 3.91. The minimum Gasteiger partial charge on any atom is -0.487 e. The van der Waals surface area contributed by atoms with Gasteiger partial charge in [0.2, 0.25) is 0 Å². The maximum atomic E-state index is 5.99. The van der Waals surface area contributed by atoms with Crippen LogP contribution in [0.3, 0.4) is 0 Å². The Morgan fingerprint density at radius 3 is 2.92 bits per heavy atom. The first-order valence-corrected chi connectivity index (χ1v) is 8.87. The second kappa shape index (κ2) is 6.11. The number of fused-ring (bicyclic) bond motifs is 1. The Kier molecular flexibility index (Phi) is 4.04. The lowest BCUT2D eigenvalue weighted by molar-refractivity contribution is 0.107. The van der Waals surface area contributed by atoms with Crippen molar-refractivity contribution in [2.45, 2.75) is 51.0 Å². The lowest BCUT2D eigenvalue weighted by Gasteiger charge is -2.23. The fourth-order valence-electron chi connectivity index (χ4n) is 4.07. The van der Waals surface area contributed by atoms with Gasteiger partial charge in [-0.3, -0.25) is 4.90 Å². The third kappa shape index (κ3) is 3.16. The van der Waals surface area contributed by atoms with Gasteiger partial charge in [-0.1, -0.05) is 12.1 Å². The summed E-state index contributed by atoms with van der Waals surface area (Å²) in [5, 5.41) is 8.38. The molecule has 25 heavy (non-hydrogen) atoms. The molecule has 0 radical (unpaired) electrons. The topological polar surface area (TPSA) is 52.4 Å². The number of aryl methyl sites for hydroxylation is 1. The molecule has 6 heteroatoms. The van der Waals surface area contributed by atoms with Crippen molar-refractivity contribution in [1.29, 1.82) is 0 Å². The van der Waals surface area contributed by atoms with Crippen LogP contribution in [0.4, 0.5) is 0 Å². The smallest absolute Gasteiger partial charge is 0.150 e. The number of likely N-dealkylation sites (tertiary alicyclic amines) is 1. The Balaban J connectivity index is 1.56.